The number of aromatic nitrogens is 2. The third kappa shape index (κ3) is 7.30. The number of para-hydroxylation sites is 2. The summed E-state index contributed by atoms with van der Waals surface area (Å²) in [6.45, 7) is 5.24. The third-order valence-electron chi connectivity index (χ3n) is 8.88. The molecule has 4 heterocycles. The topological polar surface area (TPSA) is 160 Å². The molecule has 6 rings (SSSR count). The minimum atomic E-state index is -1.44. The molecule has 1 aromatic carbocycles. The molecular weight excluding hydrogens is 634 g/mol. The number of hydrogen-bond donors (Lipinski definition) is 3. The maximum Gasteiger partial charge on any atom is 0.408 e. The fourth-order valence-corrected chi connectivity index (χ4v) is 7.10. The Hall–Kier alpha value is -4.52. The van der Waals surface area contributed by atoms with Crippen LogP contribution in [0, 0.1) is 5.92 Å². The first kappa shape index (κ1) is 33.4. The Balaban J connectivity index is 1.32. The molecule has 1 saturated heterocycles. The zero-order valence-corrected chi connectivity index (χ0v) is 28.1. The largest absolute Gasteiger partial charge is 0.479 e. The van der Waals surface area contributed by atoms with Crippen LogP contribution in [0.15, 0.2) is 53.9 Å². The number of nitrogens with zero attached hydrogens (tertiary/aromatic N) is 3. The number of alkyl carbamates (subject to hydrolysis) is 1. The molecule has 2 aliphatic heterocycles. The highest BCUT2D eigenvalue weighted by Crippen LogP contribution is 2.45. The molecule has 5 atom stereocenters. The molecule has 13 heteroatoms. The van der Waals surface area contributed by atoms with Crippen molar-refractivity contribution in [3.05, 3.63) is 53.9 Å². The second-order valence-electron chi connectivity index (χ2n) is 13.7. The molecule has 254 valence electrons. The molecule has 2 fully saturated rings. The van der Waals surface area contributed by atoms with Crippen LogP contribution in [0.5, 0.6) is 5.88 Å². The van der Waals surface area contributed by atoms with Crippen LogP contribution < -0.4 is 15.4 Å². The van der Waals surface area contributed by atoms with E-state index in [2.05, 4.69) is 10.6 Å². The van der Waals surface area contributed by atoms with Crippen molar-refractivity contribution in [3.8, 4) is 16.5 Å². The second kappa shape index (κ2) is 13.5. The minimum Gasteiger partial charge on any atom is -0.479 e. The molecule has 1 aliphatic carbocycles. The highest BCUT2D eigenvalue weighted by molar-refractivity contribution is 7.13. The molecule has 3 aliphatic rings. The van der Waals surface area contributed by atoms with Gasteiger partial charge in [-0.3, -0.25) is 9.59 Å². The van der Waals surface area contributed by atoms with Crippen molar-refractivity contribution >= 4 is 46.2 Å². The van der Waals surface area contributed by atoms with E-state index in [0.29, 0.717) is 29.6 Å². The highest BCUT2D eigenvalue weighted by atomic mass is 32.1. The number of thiophene rings is 1. The van der Waals surface area contributed by atoms with Gasteiger partial charge in [0.15, 0.2) is 0 Å². The van der Waals surface area contributed by atoms with Gasteiger partial charge >= 0.3 is 12.1 Å². The SMILES string of the molecule is CC(C)(C)OC(=O)N[C@H]1CCCCC/C=C\C2C[C@@]2(C(=O)O)NC(=O)[C@@H]2C[C@@H](Oc3nc4ccccc4nc3-c3cccs3)CN2C1=O. The number of ether oxygens (including phenoxy) is 2. The summed E-state index contributed by atoms with van der Waals surface area (Å²) in [5.41, 5.74) is -0.337. The van der Waals surface area contributed by atoms with Gasteiger partial charge in [0, 0.05) is 12.3 Å². The summed E-state index contributed by atoms with van der Waals surface area (Å²) in [5.74, 6) is -2.23. The number of aliphatic carboxylic acids is 1. The average Bonchev–Trinajstić information content (AvgIpc) is 3.34. The van der Waals surface area contributed by atoms with Crippen LogP contribution in [0.3, 0.4) is 0 Å². The summed E-state index contributed by atoms with van der Waals surface area (Å²) in [6, 6.07) is 9.27. The van der Waals surface area contributed by atoms with Crippen molar-refractivity contribution in [2.45, 2.75) is 95.0 Å². The summed E-state index contributed by atoms with van der Waals surface area (Å²) in [6.07, 6.45) is 6.18. The summed E-state index contributed by atoms with van der Waals surface area (Å²) < 4.78 is 12.0. The van der Waals surface area contributed by atoms with Crippen LogP contribution in [0.25, 0.3) is 21.6 Å². The van der Waals surface area contributed by atoms with Gasteiger partial charge in [-0.25, -0.2) is 19.6 Å². The molecule has 0 bridgehead atoms. The van der Waals surface area contributed by atoms with Crippen LogP contribution >= 0.6 is 11.3 Å². The summed E-state index contributed by atoms with van der Waals surface area (Å²) in [7, 11) is 0. The standard InChI is InChI=1S/C35H41N5O7S/c1-34(2,3)47-33(45)38-25-15-8-6-4-5-7-12-21-19-35(21,32(43)44)39-29(41)26-18-22(20-40(26)31(25)42)46-30-28(27-16-11-17-48-27)36-23-13-9-10-14-24(23)37-30/h7,9-14,16-17,21-22,25-26H,4-6,8,15,18-20H2,1-3H3,(H,38,45)(H,39,41)(H,43,44)/b12-7-/t21?,22-,25+,26+,35-/m1/s1. The molecule has 1 saturated carbocycles. The van der Waals surface area contributed by atoms with Crippen LogP contribution in [0.1, 0.15) is 65.7 Å². The zero-order valence-electron chi connectivity index (χ0n) is 27.3. The summed E-state index contributed by atoms with van der Waals surface area (Å²) in [4.78, 5) is 65.5. The first-order valence-electron chi connectivity index (χ1n) is 16.4. The minimum absolute atomic E-state index is 0.0191. The van der Waals surface area contributed by atoms with E-state index in [9.17, 15) is 24.3 Å². The number of allylic oxidation sites excluding steroid dienone is 1. The average molecular weight is 676 g/mol. The van der Waals surface area contributed by atoms with E-state index in [4.69, 9.17) is 19.4 Å². The predicted octanol–water partition coefficient (Wildman–Crippen LogP) is 5.08. The van der Waals surface area contributed by atoms with Gasteiger partial charge in [-0.05, 0) is 70.0 Å². The van der Waals surface area contributed by atoms with Crippen molar-refractivity contribution in [1.82, 2.24) is 25.5 Å². The number of carboxylic acid groups (broad SMARTS) is 1. The number of rotatable bonds is 5. The van der Waals surface area contributed by atoms with E-state index >= 15 is 0 Å². The van der Waals surface area contributed by atoms with Gasteiger partial charge in [-0.15, -0.1) is 11.3 Å². The fourth-order valence-electron chi connectivity index (χ4n) is 6.39. The lowest BCUT2D eigenvalue weighted by atomic mass is 10.0. The molecule has 0 radical (unpaired) electrons. The predicted molar refractivity (Wildman–Crippen MR) is 179 cm³/mol. The number of nitrogens with one attached hydrogen (secondary N) is 2. The van der Waals surface area contributed by atoms with E-state index in [1.807, 2.05) is 53.9 Å². The Kier molecular flexibility index (Phi) is 9.41. The Morgan fingerprint density at radius 1 is 1.08 bits per heavy atom. The second-order valence-corrected chi connectivity index (χ2v) is 14.6. The smallest absolute Gasteiger partial charge is 0.408 e. The van der Waals surface area contributed by atoms with Gasteiger partial charge in [0.05, 0.1) is 22.5 Å². The quantitative estimate of drug-likeness (QED) is 0.314. The number of fused-ring (bicyclic) bond motifs is 3. The monoisotopic (exact) mass is 675 g/mol. The van der Waals surface area contributed by atoms with Gasteiger partial charge in [-0.2, -0.15) is 0 Å². The zero-order chi connectivity index (χ0) is 34.1. The lowest BCUT2D eigenvalue weighted by Crippen LogP contribution is -2.56. The Morgan fingerprint density at radius 2 is 1.85 bits per heavy atom. The number of hydrogen-bond acceptors (Lipinski definition) is 9. The molecule has 3 N–H and O–H groups in total. The Labute approximate surface area is 282 Å². The molecule has 3 amide bonds. The van der Waals surface area contributed by atoms with Crippen molar-refractivity contribution in [2.75, 3.05) is 6.54 Å². The number of amides is 3. The van der Waals surface area contributed by atoms with Crippen molar-refractivity contribution in [1.29, 1.82) is 0 Å². The van der Waals surface area contributed by atoms with Gasteiger partial charge in [0.25, 0.3) is 0 Å². The maximum absolute atomic E-state index is 14.3. The van der Waals surface area contributed by atoms with Crippen LogP contribution in [-0.4, -0.2) is 79.7 Å². The summed E-state index contributed by atoms with van der Waals surface area (Å²) >= 11 is 1.49. The Morgan fingerprint density at radius 3 is 2.56 bits per heavy atom. The third-order valence-corrected chi connectivity index (χ3v) is 9.76. The van der Waals surface area contributed by atoms with E-state index in [1.54, 1.807) is 20.8 Å². The number of benzene rings is 1. The molecule has 3 aromatic rings. The molecule has 2 aromatic heterocycles. The van der Waals surface area contributed by atoms with Gasteiger partial charge in [0.2, 0.25) is 17.7 Å². The Bertz CT molecular complexity index is 1720. The van der Waals surface area contributed by atoms with E-state index in [-0.39, 0.29) is 31.2 Å². The van der Waals surface area contributed by atoms with Crippen LogP contribution in [0.4, 0.5) is 4.79 Å². The van der Waals surface area contributed by atoms with Gasteiger partial charge in [-0.1, -0.05) is 43.2 Å². The first-order chi connectivity index (χ1) is 22.9. The number of carbonyl (C=O) groups excluding carboxylic acids is 3. The van der Waals surface area contributed by atoms with Crippen LogP contribution in [0.2, 0.25) is 0 Å². The van der Waals surface area contributed by atoms with Crippen molar-refractivity contribution in [2.24, 2.45) is 5.92 Å². The van der Waals surface area contributed by atoms with E-state index in [0.717, 1.165) is 24.1 Å². The molecule has 0 spiro atoms. The molecule has 48 heavy (non-hydrogen) atoms. The van der Waals surface area contributed by atoms with Gasteiger partial charge < -0.3 is 30.1 Å². The summed E-state index contributed by atoms with van der Waals surface area (Å²) in [5, 5.41) is 17.6. The fraction of sp³-hybridized carbons (Fsp3) is 0.486. The number of carbonyl (C=O) groups is 4. The highest BCUT2D eigenvalue weighted by Gasteiger charge is 2.61. The van der Waals surface area contributed by atoms with Crippen molar-refractivity contribution < 1.29 is 33.8 Å². The van der Waals surface area contributed by atoms with Crippen molar-refractivity contribution in [3.63, 3.8) is 0 Å². The normalized spacial score (nSPS) is 27.1. The van der Waals surface area contributed by atoms with E-state index in [1.165, 1.54) is 16.2 Å². The molecule has 12 nitrogen and oxygen atoms in total. The molecule has 1 unspecified atom stereocenters. The first-order valence-corrected chi connectivity index (χ1v) is 17.3. The lowest BCUT2D eigenvalue weighted by Gasteiger charge is -2.30. The van der Waals surface area contributed by atoms with E-state index < -0.39 is 53.2 Å². The number of carboxylic acids is 1. The molecular formula is C35H41N5O7S. The maximum atomic E-state index is 14.3. The van der Waals surface area contributed by atoms with Gasteiger partial charge in [0.1, 0.15) is 35.0 Å². The lowest BCUT2D eigenvalue weighted by molar-refractivity contribution is -0.145. The van der Waals surface area contributed by atoms with Crippen LogP contribution in [-0.2, 0) is 19.1 Å².